The number of hydrogen-bond acceptors (Lipinski definition) is 5. The molecule has 1 aromatic carbocycles. The van der Waals surface area contributed by atoms with E-state index in [2.05, 4.69) is 4.90 Å². The van der Waals surface area contributed by atoms with Gasteiger partial charge in [-0.05, 0) is 43.9 Å². The minimum absolute atomic E-state index is 0.0937. The minimum Gasteiger partial charge on any atom is -0.483 e. The Morgan fingerprint density at radius 1 is 1.31 bits per heavy atom. The Balaban J connectivity index is 1.54. The molecule has 7 nitrogen and oxygen atoms in total. The normalized spacial score (nSPS) is 23.0. The molecule has 1 atom stereocenters. The molecule has 3 rings (SSSR count). The lowest BCUT2D eigenvalue weighted by Gasteiger charge is -2.48. The van der Waals surface area contributed by atoms with E-state index >= 15 is 0 Å². The van der Waals surface area contributed by atoms with Crippen LogP contribution in [0.2, 0.25) is 0 Å². The number of β-amino-alcohol motifs (C(OH)–C–C–N with tert-alkyl or cyclic N) is 1. The lowest BCUT2D eigenvalue weighted by atomic mass is 9.72. The second-order valence-corrected chi connectivity index (χ2v) is 7.58. The third-order valence-electron chi connectivity index (χ3n) is 5.48. The average molecular weight is 361 g/mol. The van der Waals surface area contributed by atoms with Crippen LogP contribution in [0.5, 0.6) is 5.75 Å². The van der Waals surface area contributed by atoms with Gasteiger partial charge >= 0.3 is 0 Å². The van der Waals surface area contributed by atoms with Crippen LogP contribution in [0.25, 0.3) is 0 Å². The SMILES string of the molecule is CN1CC(O)CC2(CCN(C(=O)COc3ccccc3C(N)=O)CC2)C1. The van der Waals surface area contributed by atoms with Crippen LogP contribution >= 0.6 is 0 Å². The van der Waals surface area contributed by atoms with Crippen LogP contribution in [0.1, 0.15) is 29.6 Å². The lowest BCUT2D eigenvalue weighted by molar-refractivity contribution is -0.137. The molecule has 1 aromatic rings. The number of likely N-dealkylation sites (N-methyl/N-ethyl adjacent to an activating group) is 1. The van der Waals surface area contributed by atoms with Crippen molar-refractivity contribution in [2.75, 3.05) is 39.8 Å². The molecular weight excluding hydrogens is 334 g/mol. The summed E-state index contributed by atoms with van der Waals surface area (Å²) < 4.78 is 5.54. The summed E-state index contributed by atoms with van der Waals surface area (Å²) in [6.45, 7) is 2.91. The van der Waals surface area contributed by atoms with Gasteiger partial charge in [0.2, 0.25) is 0 Å². The third-order valence-corrected chi connectivity index (χ3v) is 5.48. The van der Waals surface area contributed by atoms with Crippen LogP contribution in [-0.2, 0) is 4.79 Å². The molecule has 1 unspecified atom stereocenters. The van der Waals surface area contributed by atoms with Gasteiger partial charge in [-0.25, -0.2) is 0 Å². The number of primary amides is 1. The Labute approximate surface area is 153 Å². The summed E-state index contributed by atoms with van der Waals surface area (Å²) in [5.74, 6) is -0.337. The summed E-state index contributed by atoms with van der Waals surface area (Å²) in [6.07, 6.45) is 2.29. The van der Waals surface area contributed by atoms with Crippen LogP contribution in [-0.4, -0.2) is 72.7 Å². The fraction of sp³-hybridized carbons (Fsp3) is 0.579. The fourth-order valence-electron chi connectivity index (χ4n) is 4.25. The topological polar surface area (TPSA) is 96.1 Å². The van der Waals surface area contributed by atoms with E-state index in [0.29, 0.717) is 18.8 Å². The molecule has 0 radical (unpaired) electrons. The van der Waals surface area contributed by atoms with Crippen molar-refractivity contribution in [3.8, 4) is 5.75 Å². The van der Waals surface area contributed by atoms with Gasteiger partial charge in [0, 0.05) is 26.2 Å². The highest BCUT2D eigenvalue weighted by molar-refractivity contribution is 5.95. The zero-order valence-corrected chi connectivity index (χ0v) is 15.2. The van der Waals surface area contributed by atoms with Crippen LogP contribution in [0.15, 0.2) is 24.3 Å². The molecule has 26 heavy (non-hydrogen) atoms. The van der Waals surface area contributed by atoms with Crippen molar-refractivity contribution in [2.24, 2.45) is 11.1 Å². The number of amides is 2. The van der Waals surface area contributed by atoms with Crippen molar-refractivity contribution in [3.63, 3.8) is 0 Å². The van der Waals surface area contributed by atoms with Crippen molar-refractivity contribution >= 4 is 11.8 Å². The Morgan fingerprint density at radius 2 is 2.00 bits per heavy atom. The molecule has 2 aliphatic rings. The molecule has 1 spiro atoms. The first-order valence-corrected chi connectivity index (χ1v) is 9.05. The lowest BCUT2D eigenvalue weighted by Crippen LogP contribution is -2.53. The number of aliphatic hydroxyl groups excluding tert-OH is 1. The first-order chi connectivity index (χ1) is 12.4. The average Bonchev–Trinajstić information content (AvgIpc) is 2.59. The van der Waals surface area contributed by atoms with Crippen LogP contribution in [0.4, 0.5) is 0 Å². The summed E-state index contributed by atoms with van der Waals surface area (Å²) >= 11 is 0. The van der Waals surface area contributed by atoms with Gasteiger partial charge in [-0.2, -0.15) is 0 Å². The number of carbonyl (C=O) groups is 2. The number of benzene rings is 1. The summed E-state index contributed by atoms with van der Waals surface area (Å²) in [4.78, 5) is 27.9. The van der Waals surface area contributed by atoms with E-state index in [1.54, 1.807) is 29.2 Å². The van der Waals surface area contributed by atoms with Gasteiger partial charge in [0.25, 0.3) is 11.8 Å². The van der Waals surface area contributed by atoms with Crippen molar-refractivity contribution in [2.45, 2.75) is 25.4 Å². The van der Waals surface area contributed by atoms with Gasteiger partial charge in [0.15, 0.2) is 6.61 Å². The number of nitrogens with two attached hydrogens (primary N) is 1. The van der Waals surface area contributed by atoms with Crippen molar-refractivity contribution in [3.05, 3.63) is 29.8 Å². The molecule has 2 fully saturated rings. The Morgan fingerprint density at radius 3 is 2.65 bits per heavy atom. The van der Waals surface area contributed by atoms with E-state index in [9.17, 15) is 14.7 Å². The summed E-state index contributed by atoms with van der Waals surface area (Å²) in [6, 6.07) is 6.66. The van der Waals surface area contributed by atoms with Crippen molar-refractivity contribution in [1.82, 2.24) is 9.80 Å². The third kappa shape index (κ3) is 4.16. The predicted molar refractivity (Wildman–Crippen MR) is 96.8 cm³/mol. The number of likely N-dealkylation sites (tertiary alicyclic amines) is 2. The number of hydrogen-bond donors (Lipinski definition) is 2. The van der Waals surface area contributed by atoms with Gasteiger partial charge in [0.1, 0.15) is 5.75 Å². The molecule has 0 saturated carbocycles. The maximum atomic E-state index is 12.5. The van der Waals surface area contributed by atoms with E-state index in [1.807, 2.05) is 7.05 Å². The first-order valence-electron chi connectivity index (χ1n) is 9.05. The number of rotatable bonds is 4. The highest BCUT2D eigenvalue weighted by Crippen LogP contribution is 2.39. The summed E-state index contributed by atoms with van der Waals surface area (Å²) in [5.41, 5.74) is 5.70. The zero-order valence-electron chi connectivity index (χ0n) is 15.2. The van der Waals surface area contributed by atoms with E-state index < -0.39 is 5.91 Å². The number of ether oxygens (including phenoxy) is 1. The number of piperidine rings is 2. The van der Waals surface area contributed by atoms with E-state index in [4.69, 9.17) is 10.5 Å². The molecule has 2 amide bonds. The van der Waals surface area contributed by atoms with E-state index in [1.165, 1.54) is 0 Å². The number of aliphatic hydroxyl groups is 1. The molecule has 0 bridgehead atoms. The van der Waals surface area contributed by atoms with Crippen molar-refractivity contribution in [1.29, 1.82) is 0 Å². The number of carbonyl (C=O) groups excluding carboxylic acids is 2. The second kappa shape index (κ2) is 7.63. The molecule has 0 aliphatic carbocycles. The number of nitrogens with zero attached hydrogens (tertiary/aromatic N) is 2. The first kappa shape index (κ1) is 18.7. The largest absolute Gasteiger partial charge is 0.483 e. The van der Waals surface area contributed by atoms with Crippen LogP contribution in [0.3, 0.4) is 0 Å². The zero-order chi connectivity index (χ0) is 18.7. The minimum atomic E-state index is -0.576. The molecule has 2 saturated heterocycles. The molecule has 2 heterocycles. The van der Waals surface area contributed by atoms with Gasteiger partial charge in [-0.15, -0.1) is 0 Å². The van der Waals surface area contributed by atoms with E-state index in [0.717, 1.165) is 32.4 Å². The Kier molecular flexibility index (Phi) is 5.48. The summed E-state index contributed by atoms with van der Waals surface area (Å²) in [5, 5.41) is 10.1. The number of para-hydroxylation sites is 1. The fourth-order valence-corrected chi connectivity index (χ4v) is 4.25. The molecule has 7 heteroatoms. The standard InChI is InChI=1S/C19H27N3O4/c1-21-11-14(23)10-19(13-21)6-8-22(9-7-19)17(24)12-26-16-5-3-2-4-15(16)18(20)25/h2-5,14,23H,6-13H2,1H3,(H2,20,25). The monoisotopic (exact) mass is 361 g/mol. The molecule has 3 N–H and O–H groups in total. The van der Waals surface area contributed by atoms with Crippen LogP contribution < -0.4 is 10.5 Å². The van der Waals surface area contributed by atoms with Gasteiger partial charge in [-0.1, -0.05) is 12.1 Å². The highest BCUT2D eigenvalue weighted by Gasteiger charge is 2.41. The molecule has 2 aliphatic heterocycles. The van der Waals surface area contributed by atoms with Gasteiger partial charge in [0.05, 0.1) is 11.7 Å². The van der Waals surface area contributed by atoms with Crippen LogP contribution in [0, 0.1) is 5.41 Å². The maximum Gasteiger partial charge on any atom is 0.260 e. The van der Waals surface area contributed by atoms with Gasteiger partial charge < -0.3 is 25.4 Å². The molecular formula is C19H27N3O4. The predicted octanol–water partition coefficient (Wildman–Crippen LogP) is 0.470. The molecule has 142 valence electrons. The van der Waals surface area contributed by atoms with Crippen molar-refractivity contribution < 1.29 is 19.4 Å². The smallest absolute Gasteiger partial charge is 0.260 e. The quantitative estimate of drug-likeness (QED) is 0.813. The van der Waals surface area contributed by atoms with Gasteiger partial charge in [-0.3, -0.25) is 9.59 Å². The Bertz CT molecular complexity index is 659. The maximum absolute atomic E-state index is 12.5. The van der Waals surface area contributed by atoms with E-state index in [-0.39, 0.29) is 29.6 Å². The highest BCUT2D eigenvalue weighted by atomic mass is 16.5. The molecule has 0 aromatic heterocycles. The summed E-state index contributed by atoms with van der Waals surface area (Å²) in [7, 11) is 2.03. The Hall–Kier alpha value is -2.12. The second-order valence-electron chi connectivity index (χ2n) is 7.58.